The summed E-state index contributed by atoms with van der Waals surface area (Å²) >= 11 is 0. The topological polar surface area (TPSA) is 41.6 Å². The molecule has 0 aromatic heterocycles. The molecule has 3 atom stereocenters. The third-order valence-electron chi connectivity index (χ3n) is 4.89. The molecule has 1 aliphatic carbocycles. The number of nitrogens with zero attached hydrogens (tertiary/aromatic N) is 1. The van der Waals surface area contributed by atoms with Crippen LogP contribution in [-0.2, 0) is 9.53 Å². The van der Waals surface area contributed by atoms with Gasteiger partial charge in [-0.05, 0) is 39.5 Å². The highest BCUT2D eigenvalue weighted by atomic mass is 16.5. The molecule has 0 spiro atoms. The summed E-state index contributed by atoms with van der Waals surface area (Å²) in [4.78, 5) is 14.9. The first-order chi connectivity index (χ1) is 9.15. The van der Waals surface area contributed by atoms with E-state index in [0.717, 1.165) is 32.5 Å². The van der Waals surface area contributed by atoms with Gasteiger partial charge in [0.1, 0.15) is 0 Å². The van der Waals surface area contributed by atoms with Crippen LogP contribution in [-0.4, -0.2) is 48.7 Å². The number of piperidine rings is 1. The Labute approximate surface area is 115 Å². The van der Waals surface area contributed by atoms with E-state index in [1.165, 1.54) is 12.8 Å². The minimum absolute atomic E-state index is 0.167. The Morgan fingerprint density at radius 2 is 2.05 bits per heavy atom. The van der Waals surface area contributed by atoms with E-state index in [1.54, 1.807) is 0 Å². The number of carbonyl (C=O) groups is 1. The van der Waals surface area contributed by atoms with Crippen LogP contribution < -0.4 is 5.32 Å². The van der Waals surface area contributed by atoms with Gasteiger partial charge in [0.05, 0.1) is 6.10 Å². The molecular weight excluding hydrogens is 240 g/mol. The number of hydrogen-bond donors (Lipinski definition) is 1. The van der Waals surface area contributed by atoms with Gasteiger partial charge in [0.15, 0.2) is 0 Å². The Morgan fingerprint density at radius 1 is 1.26 bits per heavy atom. The Kier molecular flexibility index (Phi) is 3.81. The summed E-state index contributed by atoms with van der Waals surface area (Å²) in [7, 11) is 0. The van der Waals surface area contributed by atoms with Gasteiger partial charge in [0, 0.05) is 43.6 Å². The molecule has 0 radical (unpaired) electrons. The predicted molar refractivity (Wildman–Crippen MR) is 73.8 cm³/mol. The van der Waals surface area contributed by atoms with Crippen molar-refractivity contribution in [2.75, 3.05) is 19.7 Å². The molecule has 2 heterocycles. The first kappa shape index (κ1) is 13.4. The lowest BCUT2D eigenvalue weighted by atomic mass is 9.78. The maximum absolute atomic E-state index is 12.4. The highest BCUT2D eigenvalue weighted by Gasteiger charge is 2.42. The van der Waals surface area contributed by atoms with Crippen LogP contribution in [0.3, 0.4) is 0 Å². The largest absolute Gasteiger partial charge is 0.378 e. The third kappa shape index (κ3) is 2.95. The van der Waals surface area contributed by atoms with Crippen molar-refractivity contribution in [2.24, 2.45) is 11.8 Å². The number of fused-ring (bicyclic) bond motifs is 1. The molecule has 108 valence electrons. The van der Waals surface area contributed by atoms with Crippen LogP contribution >= 0.6 is 0 Å². The molecule has 3 fully saturated rings. The molecule has 4 nitrogen and oxygen atoms in total. The van der Waals surface area contributed by atoms with E-state index < -0.39 is 0 Å². The van der Waals surface area contributed by atoms with Gasteiger partial charge in [-0.3, -0.25) is 4.79 Å². The fourth-order valence-electron chi connectivity index (χ4n) is 3.47. The van der Waals surface area contributed by atoms with Crippen molar-refractivity contribution in [3.05, 3.63) is 0 Å². The smallest absolute Gasteiger partial charge is 0.223 e. The third-order valence-corrected chi connectivity index (χ3v) is 4.89. The van der Waals surface area contributed by atoms with Crippen molar-refractivity contribution in [3.63, 3.8) is 0 Å². The van der Waals surface area contributed by atoms with Crippen molar-refractivity contribution in [1.82, 2.24) is 10.2 Å². The number of hydrogen-bond acceptors (Lipinski definition) is 3. The number of rotatable bonds is 3. The summed E-state index contributed by atoms with van der Waals surface area (Å²) in [5.41, 5.74) is 0. The Bertz CT molecular complexity index is 341. The zero-order valence-electron chi connectivity index (χ0n) is 12.1. The van der Waals surface area contributed by atoms with Gasteiger partial charge in [-0.2, -0.15) is 0 Å². The van der Waals surface area contributed by atoms with Crippen molar-refractivity contribution < 1.29 is 9.53 Å². The van der Waals surface area contributed by atoms with Crippen molar-refractivity contribution in [2.45, 2.75) is 57.7 Å². The van der Waals surface area contributed by atoms with Gasteiger partial charge < -0.3 is 15.0 Å². The van der Waals surface area contributed by atoms with Crippen molar-refractivity contribution in [3.8, 4) is 0 Å². The quantitative estimate of drug-likeness (QED) is 0.839. The second-order valence-corrected chi connectivity index (χ2v) is 6.63. The van der Waals surface area contributed by atoms with E-state index in [2.05, 4.69) is 24.1 Å². The van der Waals surface area contributed by atoms with Gasteiger partial charge in [-0.1, -0.05) is 0 Å². The van der Waals surface area contributed by atoms with Crippen LogP contribution in [0.25, 0.3) is 0 Å². The summed E-state index contributed by atoms with van der Waals surface area (Å²) in [6, 6.07) is 1.04. The monoisotopic (exact) mass is 266 g/mol. The lowest BCUT2D eigenvalue weighted by molar-refractivity contribution is -0.142. The van der Waals surface area contributed by atoms with Crippen LogP contribution in [0, 0.1) is 11.8 Å². The van der Waals surface area contributed by atoms with Gasteiger partial charge in [-0.15, -0.1) is 0 Å². The first-order valence-corrected chi connectivity index (χ1v) is 7.81. The minimum atomic E-state index is 0.167. The molecule has 0 bridgehead atoms. The van der Waals surface area contributed by atoms with E-state index in [0.29, 0.717) is 24.1 Å². The zero-order valence-corrected chi connectivity index (χ0v) is 12.1. The molecule has 4 heteroatoms. The second-order valence-electron chi connectivity index (χ2n) is 6.63. The minimum Gasteiger partial charge on any atom is -0.378 e. The number of carbonyl (C=O) groups excluding carboxylic acids is 1. The molecular formula is C15H26N2O2. The summed E-state index contributed by atoms with van der Waals surface area (Å²) < 4.78 is 5.90. The average Bonchev–Trinajstić information content (AvgIpc) is 3.21. The SMILES string of the molecule is CC(C)N1CC[C@H]2OCC[C@@H](C(=O)NC3CC3)[C@@H]2C1. The van der Waals surface area contributed by atoms with Crippen LogP contribution in [0.2, 0.25) is 0 Å². The average molecular weight is 266 g/mol. The molecule has 1 saturated carbocycles. The summed E-state index contributed by atoms with van der Waals surface area (Å²) in [6.07, 6.45) is 4.61. The van der Waals surface area contributed by atoms with E-state index in [9.17, 15) is 4.79 Å². The number of ether oxygens (including phenoxy) is 1. The van der Waals surface area contributed by atoms with Gasteiger partial charge in [0.2, 0.25) is 5.91 Å². The maximum atomic E-state index is 12.4. The standard InChI is InChI=1S/C15H26N2O2/c1-10(2)17-7-5-14-13(9-17)12(6-8-19-14)15(18)16-11-3-4-11/h10-14H,3-9H2,1-2H3,(H,16,18)/t12-,13+,14-/m1/s1. The van der Waals surface area contributed by atoms with Gasteiger partial charge in [0.25, 0.3) is 0 Å². The molecule has 0 aromatic rings. The van der Waals surface area contributed by atoms with Gasteiger partial charge >= 0.3 is 0 Å². The highest BCUT2D eigenvalue weighted by molar-refractivity contribution is 5.79. The van der Waals surface area contributed by atoms with E-state index in [1.807, 2.05) is 0 Å². The lowest BCUT2D eigenvalue weighted by Gasteiger charge is -2.45. The summed E-state index contributed by atoms with van der Waals surface area (Å²) in [6.45, 7) is 7.36. The molecule has 2 saturated heterocycles. The first-order valence-electron chi connectivity index (χ1n) is 7.81. The highest BCUT2D eigenvalue weighted by Crippen LogP contribution is 2.34. The normalized spacial score (nSPS) is 36.1. The summed E-state index contributed by atoms with van der Waals surface area (Å²) in [5.74, 6) is 0.843. The van der Waals surface area contributed by atoms with Crippen molar-refractivity contribution >= 4 is 5.91 Å². The van der Waals surface area contributed by atoms with E-state index >= 15 is 0 Å². The Morgan fingerprint density at radius 3 is 2.74 bits per heavy atom. The van der Waals surface area contributed by atoms with E-state index in [4.69, 9.17) is 4.74 Å². The molecule has 19 heavy (non-hydrogen) atoms. The Hall–Kier alpha value is -0.610. The van der Waals surface area contributed by atoms with Gasteiger partial charge in [-0.25, -0.2) is 0 Å². The fourth-order valence-corrected chi connectivity index (χ4v) is 3.47. The molecule has 0 aromatic carbocycles. The Balaban J connectivity index is 1.66. The van der Waals surface area contributed by atoms with Crippen LogP contribution in [0.1, 0.15) is 39.5 Å². The predicted octanol–water partition coefficient (Wildman–Crippen LogP) is 1.40. The number of nitrogens with one attached hydrogen (secondary N) is 1. The van der Waals surface area contributed by atoms with Crippen LogP contribution in [0.4, 0.5) is 0 Å². The fraction of sp³-hybridized carbons (Fsp3) is 0.933. The molecule has 1 N–H and O–H groups in total. The molecule has 3 aliphatic rings. The van der Waals surface area contributed by atoms with Crippen molar-refractivity contribution in [1.29, 1.82) is 0 Å². The zero-order chi connectivity index (χ0) is 13.4. The lowest BCUT2D eigenvalue weighted by Crippen LogP contribution is -2.54. The number of likely N-dealkylation sites (tertiary alicyclic amines) is 1. The summed E-state index contributed by atoms with van der Waals surface area (Å²) in [5, 5.41) is 3.19. The molecule has 3 rings (SSSR count). The van der Waals surface area contributed by atoms with Crippen LogP contribution in [0.15, 0.2) is 0 Å². The molecule has 2 aliphatic heterocycles. The molecule has 1 amide bonds. The van der Waals surface area contributed by atoms with E-state index in [-0.39, 0.29) is 11.8 Å². The number of amides is 1. The molecule has 0 unspecified atom stereocenters. The maximum Gasteiger partial charge on any atom is 0.223 e. The second kappa shape index (κ2) is 5.41. The van der Waals surface area contributed by atoms with Crippen LogP contribution in [0.5, 0.6) is 0 Å².